The summed E-state index contributed by atoms with van der Waals surface area (Å²) >= 11 is 0. The van der Waals surface area contributed by atoms with Crippen LogP contribution < -0.4 is 0 Å². The lowest BCUT2D eigenvalue weighted by molar-refractivity contribution is -0.142. The minimum absolute atomic E-state index is 0.00583. The summed E-state index contributed by atoms with van der Waals surface area (Å²) < 4.78 is 5.06. The fourth-order valence-electron chi connectivity index (χ4n) is 1.57. The standard InChI is InChI=1S/C10H17NO5.C2H6/c1-10(2,3)16-9(15)11-5-6(12)4-7(11)8(13)14;1-2/h6-7,12H,4-5H2,1-3H3,(H,13,14);1-2H3/t6-,7-;/m0./s1. The minimum atomic E-state index is -1.12. The van der Waals surface area contributed by atoms with Crippen LogP contribution in [0.2, 0.25) is 0 Å². The van der Waals surface area contributed by atoms with Crippen LogP contribution in [0.4, 0.5) is 4.79 Å². The molecule has 0 aromatic carbocycles. The summed E-state index contributed by atoms with van der Waals surface area (Å²) in [5.41, 5.74) is -0.673. The summed E-state index contributed by atoms with van der Waals surface area (Å²) in [5, 5.41) is 18.2. The van der Waals surface area contributed by atoms with E-state index in [-0.39, 0.29) is 13.0 Å². The lowest BCUT2D eigenvalue weighted by atomic mass is 10.2. The highest BCUT2D eigenvalue weighted by atomic mass is 16.6. The van der Waals surface area contributed by atoms with Crippen LogP contribution in [0.5, 0.6) is 0 Å². The van der Waals surface area contributed by atoms with Crippen molar-refractivity contribution >= 4 is 12.1 Å². The third kappa shape index (κ3) is 4.91. The van der Waals surface area contributed by atoms with Gasteiger partial charge in [-0.25, -0.2) is 9.59 Å². The molecular formula is C12H23NO5. The zero-order valence-electron chi connectivity index (χ0n) is 11.6. The molecule has 18 heavy (non-hydrogen) atoms. The van der Waals surface area contributed by atoms with Crippen molar-refractivity contribution in [2.24, 2.45) is 0 Å². The Morgan fingerprint density at radius 1 is 1.28 bits per heavy atom. The van der Waals surface area contributed by atoms with Crippen molar-refractivity contribution in [2.75, 3.05) is 6.54 Å². The molecule has 0 unspecified atom stereocenters. The summed E-state index contributed by atoms with van der Waals surface area (Å²) in [6.07, 6.45) is -1.45. The summed E-state index contributed by atoms with van der Waals surface area (Å²) in [7, 11) is 0. The topological polar surface area (TPSA) is 87.1 Å². The van der Waals surface area contributed by atoms with Crippen LogP contribution in [0, 0.1) is 0 Å². The molecule has 0 radical (unpaired) electrons. The average molecular weight is 261 g/mol. The van der Waals surface area contributed by atoms with E-state index in [9.17, 15) is 14.7 Å². The Bertz CT molecular complexity index is 297. The lowest BCUT2D eigenvalue weighted by Gasteiger charge is -2.26. The molecule has 2 N–H and O–H groups in total. The maximum absolute atomic E-state index is 11.7. The number of carbonyl (C=O) groups is 2. The molecule has 0 bridgehead atoms. The molecule has 6 nitrogen and oxygen atoms in total. The first-order valence-corrected chi connectivity index (χ1v) is 6.11. The first-order valence-electron chi connectivity index (χ1n) is 6.11. The van der Waals surface area contributed by atoms with Crippen LogP contribution in [0.15, 0.2) is 0 Å². The predicted molar refractivity (Wildman–Crippen MR) is 66.3 cm³/mol. The normalized spacial score (nSPS) is 23.1. The van der Waals surface area contributed by atoms with Gasteiger partial charge in [-0.15, -0.1) is 0 Å². The fourth-order valence-corrected chi connectivity index (χ4v) is 1.57. The molecule has 106 valence electrons. The first kappa shape index (κ1) is 16.7. The SMILES string of the molecule is CC.CC(C)(C)OC(=O)N1C[C@@H](O)C[C@H]1C(=O)O. The number of ether oxygens (including phenoxy) is 1. The highest BCUT2D eigenvalue weighted by Gasteiger charge is 2.40. The molecule has 1 rings (SSSR count). The number of aliphatic hydroxyl groups excluding tert-OH is 1. The zero-order valence-corrected chi connectivity index (χ0v) is 11.6. The molecule has 1 heterocycles. The van der Waals surface area contributed by atoms with Crippen LogP contribution >= 0.6 is 0 Å². The maximum Gasteiger partial charge on any atom is 0.411 e. The van der Waals surface area contributed by atoms with Gasteiger partial charge in [-0.3, -0.25) is 4.90 Å². The summed E-state index contributed by atoms with van der Waals surface area (Å²) in [6, 6.07) is -0.996. The van der Waals surface area contributed by atoms with Gasteiger partial charge in [-0.2, -0.15) is 0 Å². The van der Waals surface area contributed by atoms with Crippen molar-refractivity contribution in [3.05, 3.63) is 0 Å². The van der Waals surface area contributed by atoms with Gasteiger partial charge in [0.15, 0.2) is 0 Å². The number of carboxylic acids is 1. The van der Waals surface area contributed by atoms with E-state index in [0.29, 0.717) is 0 Å². The van der Waals surface area contributed by atoms with E-state index in [0.717, 1.165) is 4.90 Å². The molecule has 6 heteroatoms. The largest absolute Gasteiger partial charge is 0.480 e. The Balaban J connectivity index is 0.00000137. The van der Waals surface area contributed by atoms with Gasteiger partial charge in [0.1, 0.15) is 11.6 Å². The molecule has 0 aromatic rings. The van der Waals surface area contributed by atoms with E-state index >= 15 is 0 Å². The second-order valence-corrected chi connectivity index (χ2v) is 4.88. The van der Waals surface area contributed by atoms with Crippen LogP contribution in [0.1, 0.15) is 41.0 Å². The second kappa shape index (κ2) is 6.58. The molecule has 2 atom stereocenters. The molecule has 0 spiro atoms. The van der Waals surface area contributed by atoms with Crippen LogP contribution in [0.3, 0.4) is 0 Å². The fraction of sp³-hybridized carbons (Fsp3) is 0.833. The van der Waals surface area contributed by atoms with Crippen LogP contribution in [-0.2, 0) is 9.53 Å². The van der Waals surface area contributed by atoms with Crippen molar-refractivity contribution in [1.82, 2.24) is 4.90 Å². The van der Waals surface area contributed by atoms with Gasteiger partial charge < -0.3 is 14.9 Å². The number of carboxylic acid groups (broad SMARTS) is 1. The number of likely N-dealkylation sites (tertiary alicyclic amines) is 1. The van der Waals surface area contributed by atoms with Gasteiger partial charge in [0.2, 0.25) is 0 Å². The molecule has 1 aliphatic heterocycles. The van der Waals surface area contributed by atoms with Crippen LogP contribution in [0.25, 0.3) is 0 Å². The Labute approximate surface area is 108 Å². The number of hydrogen-bond acceptors (Lipinski definition) is 4. The van der Waals surface area contributed by atoms with E-state index in [1.54, 1.807) is 20.8 Å². The zero-order chi connectivity index (χ0) is 14.5. The number of nitrogens with zero attached hydrogens (tertiary/aromatic N) is 1. The Kier molecular flexibility index (Phi) is 6.11. The van der Waals surface area contributed by atoms with Gasteiger partial charge in [0.05, 0.1) is 12.6 Å². The van der Waals surface area contributed by atoms with Gasteiger partial charge in [0.25, 0.3) is 0 Å². The van der Waals surface area contributed by atoms with Gasteiger partial charge >= 0.3 is 12.1 Å². The maximum atomic E-state index is 11.7. The number of rotatable bonds is 1. The second-order valence-electron chi connectivity index (χ2n) is 4.88. The van der Waals surface area contributed by atoms with E-state index in [1.165, 1.54) is 0 Å². The van der Waals surface area contributed by atoms with Gasteiger partial charge in [-0.1, -0.05) is 13.8 Å². The molecular weight excluding hydrogens is 238 g/mol. The van der Waals surface area contributed by atoms with Crippen molar-refractivity contribution in [1.29, 1.82) is 0 Å². The Hall–Kier alpha value is -1.30. The molecule has 1 fully saturated rings. The van der Waals surface area contributed by atoms with E-state index in [1.807, 2.05) is 13.8 Å². The molecule has 0 saturated carbocycles. The van der Waals surface area contributed by atoms with Gasteiger partial charge in [0, 0.05) is 6.42 Å². The highest BCUT2D eigenvalue weighted by Crippen LogP contribution is 2.21. The number of hydrogen-bond donors (Lipinski definition) is 2. The van der Waals surface area contributed by atoms with E-state index < -0.39 is 29.8 Å². The number of aliphatic hydroxyl groups is 1. The average Bonchev–Trinajstić information content (AvgIpc) is 2.61. The number of carbonyl (C=O) groups excluding carboxylic acids is 1. The number of β-amino-alcohol motifs (C(OH)–C–C–N with tert-alkyl or cyclic N) is 1. The van der Waals surface area contributed by atoms with Crippen molar-refractivity contribution in [2.45, 2.75) is 58.8 Å². The molecule has 0 aromatic heterocycles. The molecule has 0 aliphatic carbocycles. The Morgan fingerprint density at radius 3 is 2.17 bits per heavy atom. The van der Waals surface area contributed by atoms with Crippen molar-refractivity contribution in [3.63, 3.8) is 0 Å². The Morgan fingerprint density at radius 2 is 1.78 bits per heavy atom. The first-order chi connectivity index (χ1) is 8.20. The molecule has 1 amide bonds. The monoisotopic (exact) mass is 261 g/mol. The summed E-state index contributed by atoms with van der Waals surface area (Å²) in [4.78, 5) is 23.6. The number of aliphatic carboxylic acids is 1. The lowest BCUT2D eigenvalue weighted by Crippen LogP contribution is -2.43. The third-order valence-corrected chi connectivity index (χ3v) is 2.19. The molecule has 1 saturated heterocycles. The number of amides is 1. The summed E-state index contributed by atoms with van der Waals surface area (Å²) in [5.74, 6) is -1.12. The molecule has 1 aliphatic rings. The van der Waals surface area contributed by atoms with Crippen LogP contribution in [-0.4, -0.2) is 51.5 Å². The summed E-state index contributed by atoms with van der Waals surface area (Å²) in [6.45, 7) is 9.11. The van der Waals surface area contributed by atoms with Crippen molar-refractivity contribution in [3.8, 4) is 0 Å². The highest BCUT2D eigenvalue weighted by molar-refractivity contribution is 5.81. The van der Waals surface area contributed by atoms with Gasteiger partial charge in [-0.05, 0) is 20.8 Å². The van der Waals surface area contributed by atoms with E-state index in [4.69, 9.17) is 9.84 Å². The third-order valence-electron chi connectivity index (χ3n) is 2.19. The predicted octanol–water partition coefficient (Wildman–Crippen LogP) is 1.47. The quantitative estimate of drug-likeness (QED) is 0.746. The minimum Gasteiger partial charge on any atom is -0.480 e. The smallest absolute Gasteiger partial charge is 0.411 e. The van der Waals surface area contributed by atoms with Crippen molar-refractivity contribution < 1.29 is 24.5 Å². The van der Waals surface area contributed by atoms with E-state index in [2.05, 4.69) is 0 Å².